The van der Waals surface area contributed by atoms with E-state index in [0.29, 0.717) is 11.3 Å². The third kappa shape index (κ3) is 2.43. The highest BCUT2D eigenvalue weighted by molar-refractivity contribution is 5.82. The SMILES string of the molecule is CC(CNCC1(C2CC2)CC1)C(N)=NO. The molecular weight excluding hydrogens is 190 g/mol. The van der Waals surface area contributed by atoms with Gasteiger partial charge >= 0.3 is 0 Å². The summed E-state index contributed by atoms with van der Waals surface area (Å²) in [5.41, 5.74) is 6.14. The molecule has 0 aromatic carbocycles. The molecule has 0 aliphatic heterocycles. The second-order valence-corrected chi connectivity index (χ2v) is 5.19. The van der Waals surface area contributed by atoms with E-state index in [4.69, 9.17) is 10.9 Å². The monoisotopic (exact) mass is 211 g/mol. The molecule has 4 nitrogen and oxygen atoms in total. The van der Waals surface area contributed by atoms with Crippen LogP contribution in [-0.4, -0.2) is 24.1 Å². The molecule has 2 aliphatic carbocycles. The van der Waals surface area contributed by atoms with E-state index < -0.39 is 0 Å². The van der Waals surface area contributed by atoms with Crippen LogP contribution in [0.4, 0.5) is 0 Å². The first-order valence-electron chi connectivity index (χ1n) is 5.86. The van der Waals surface area contributed by atoms with Crippen molar-refractivity contribution in [3.05, 3.63) is 0 Å². The molecule has 0 radical (unpaired) electrons. The summed E-state index contributed by atoms with van der Waals surface area (Å²) in [5.74, 6) is 1.42. The number of oxime groups is 1. The lowest BCUT2D eigenvalue weighted by Crippen LogP contribution is -2.34. The molecule has 86 valence electrons. The lowest BCUT2D eigenvalue weighted by atomic mass is 10.0. The molecule has 0 bridgehead atoms. The Kier molecular flexibility index (Phi) is 2.87. The number of hydrogen-bond acceptors (Lipinski definition) is 3. The number of nitrogens with one attached hydrogen (secondary N) is 1. The predicted molar refractivity (Wildman–Crippen MR) is 59.8 cm³/mol. The Bertz CT molecular complexity index is 257. The fraction of sp³-hybridized carbons (Fsp3) is 0.909. The Morgan fingerprint density at radius 1 is 1.60 bits per heavy atom. The van der Waals surface area contributed by atoms with E-state index in [1.54, 1.807) is 0 Å². The number of hydrogen-bond donors (Lipinski definition) is 3. The lowest BCUT2D eigenvalue weighted by Gasteiger charge is -2.17. The van der Waals surface area contributed by atoms with Gasteiger partial charge in [0.15, 0.2) is 0 Å². The molecule has 2 saturated carbocycles. The van der Waals surface area contributed by atoms with Crippen LogP contribution < -0.4 is 11.1 Å². The number of nitrogens with zero attached hydrogens (tertiary/aromatic N) is 1. The Labute approximate surface area is 90.9 Å². The zero-order valence-corrected chi connectivity index (χ0v) is 9.37. The minimum atomic E-state index is 0.116. The predicted octanol–water partition coefficient (Wildman–Crippen LogP) is 1.15. The van der Waals surface area contributed by atoms with Gasteiger partial charge < -0.3 is 16.3 Å². The van der Waals surface area contributed by atoms with Gasteiger partial charge in [-0.25, -0.2) is 0 Å². The molecule has 2 rings (SSSR count). The van der Waals surface area contributed by atoms with Crippen LogP contribution in [0.2, 0.25) is 0 Å². The molecule has 2 fully saturated rings. The van der Waals surface area contributed by atoms with Gasteiger partial charge in [-0.05, 0) is 37.0 Å². The highest BCUT2D eigenvalue weighted by Gasteiger charge is 2.53. The average Bonchev–Trinajstić information content (AvgIpc) is 3.06. The highest BCUT2D eigenvalue weighted by atomic mass is 16.4. The Hall–Kier alpha value is -0.770. The van der Waals surface area contributed by atoms with E-state index in [0.717, 1.165) is 19.0 Å². The molecule has 4 heteroatoms. The summed E-state index contributed by atoms with van der Waals surface area (Å²) in [6.45, 7) is 3.89. The molecule has 0 saturated heterocycles. The van der Waals surface area contributed by atoms with Gasteiger partial charge in [0.05, 0.1) is 0 Å². The van der Waals surface area contributed by atoms with Crippen LogP contribution in [0, 0.1) is 17.3 Å². The maximum atomic E-state index is 8.51. The summed E-state index contributed by atoms with van der Waals surface area (Å²) in [4.78, 5) is 0. The lowest BCUT2D eigenvalue weighted by molar-refractivity contribution is 0.313. The van der Waals surface area contributed by atoms with Crippen molar-refractivity contribution in [2.75, 3.05) is 13.1 Å². The molecule has 2 aliphatic rings. The summed E-state index contributed by atoms with van der Waals surface area (Å²) < 4.78 is 0. The Balaban J connectivity index is 1.66. The van der Waals surface area contributed by atoms with Gasteiger partial charge in [0.2, 0.25) is 0 Å². The second kappa shape index (κ2) is 4.00. The smallest absolute Gasteiger partial charge is 0.143 e. The molecule has 4 N–H and O–H groups in total. The van der Waals surface area contributed by atoms with E-state index in [1.807, 2.05) is 6.92 Å². The van der Waals surface area contributed by atoms with Crippen LogP contribution in [0.25, 0.3) is 0 Å². The third-order valence-electron chi connectivity index (χ3n) is 3.88. The van der Waals surface area contributed by atoms with Crippen molar-refractivity contribution < 1.29 is 5.21 Å². The van der Waals surface area contributed by atoms with Crippen molar-refractivity contribution in [2.45, 2.75) is 32.6 Å². The first-order valence-corrected chi connectivity index (χ1v) is 5.86. The summed E-state index contributed by atoms with van der Waals surface area (Å²) >= 11 is 0. The molecule has 0 spiro atoms. The summed E-state index contributed by atoms with van der Waals surface area (Å²) in [6.07, 6.45) is 5.64. The average molecular weight is 211 g/mol. The van der Waals surface area contributed by atoms with E-state index in [1.165, 1.54) is 25.7 Å². The summed E-state index contributed by atoms with van der Waals surface area (Å²) in [5, 5.41) is 15.0. The van der Waals surface area contributed by atoms with Gasteiger partial charge in [-0.3, -0.25) is 0 Å². The van der Waals surface area contributed by atoms with Crippen molar-refractivity contribution in [3.63, 3.8) is 0 Å². The van der Waals surface area contributed by atoms with Crippen LogP contribution >= 0.6 is 0 Å². The van der Waals surface area contributed by atoms with E-state index >= 15 is 0 Å². The molecule has 1 unspecified atom stereocenters. The van der Waals surface area contributed by atoms with Crippen LogP contribution in [0.1, 0.15) is 32.6 Å². The van der Waals surface area contributed by atoms with Crippen molar-refractivity contribution in [1.29, 1.82) is 0 Å². The minimum absolute atomic E-state index is 0.116. The Morgan fingerprint density at radius 3 is 2.73 bits per heavy atom. The van der Waals surface area contributed by atoms with Crippen molar-refractivity contribution in [3.8, 4) is 0 Å². The first kappa shape index (κ1) is 10.7. The standard InChI is InChI=1S/C11H21N3O/c1-8(10(12)14-15)6-13-7-11(4-5-11)9-2-3-9/h8-9,13,15H,2-7H2,1H3,(H2,12,14). The molecular formula is C11H21N3O. The number of rotatable bonds is 6. The van der Waals surface area contributed by atoms with Gasteiger partial charge in [-0.15, -0.1) is 0 Å². The fourth-order valence-electron chi connectivity index (χ4n) is 2.33. The fourth-order valence-corrected chi connectivity index (χ4v) is 2.33. The van der Waals surface area contributed by atoms with Gasteiger partial charge in [0.1, 0.15) is 5.84 Å². The Morgan fingerprint density at radius 2 is 2.27 bits per heavy atom. The zero-order valence-electron chi connectivity index (χ0n) is 9.37. The van der Waals surface area contributed by atoms with Gasteiger partial charge in [0, 0.05) is 19.0 Å². The number of nitrogens with two attached hydrogens (primary N) is 1. The van der Waals surface area contributed by atoms with Gasteiger partial charge in [-0.2, -0.15) is 0 Å². The molecule has 0 aromatic rings. The molecule has 15 heavy (non-hydrogen) atoms. The second-order valence-electron chi connectivity index (χ2n) is 5.19. The maximum absolute atomic E-state index is 8.51. The van der Waals surface area contributed by atoms with Crippen LogP contribution in [0.15, 0.2) is 5.16 Å². The van der Waals surface area contributed by atoms with Crippen LogP contribution in [0.3, 0.4) is 0 Å². The molecule has 0 amide bonds. The van der Waals surface area contributed by atoms with Crippen LogP contribution in [0.5, 0.6) is 0 Å². The van der Waals surface area contributed by atoms with E-state index in [-0.39, 0.29) is 5.92 Å². The highest BCUT2D eigenvalue weighted by Crippen LogP contribution is 2.60. The summed E-state index contributed by atoms with van der Waals surface area (Å²) in [7, 11) is 0. The van der Waals surface area contributed by atoms with E-state index in [2.05, 4.69) is 10.5 Å². The topological polar surface area (TPSA) is 70.6 Å². The minimum Gasteiger partial charge on any atom is -0.409 e. The molecule has 1 atom stereocenters. The molecule has 0 heterocycles. The molecule has 0 aromatic heterocycles. The van der Waals surface area contributed by atoms with Gasteiger partial charge in [0.25, 0.3) is 0 Å². The van der Waals surface area contributed by atoms with Crippen LogP contribution in [-0.2, 0) is 0 Å². The van der Waals surface area contributed by atoms with Gasteiger partial charge in [-0.1, -0.05) is 12.1 Å². The first-order chi connectivity index (χ1) is 7.18. The largest absolute Gasteiger partial charge is 0.409 e. The quantitative estimate of drug-likeness (QED) is 0.267. The normalized spacial score (nSPS) is 26.3. The number of amidine groups is 1. The van der Waals surface area contributed by atoms with Crippen molar-refractivity contribution in [2.24, 2.45) is 28.1 Å². The summed E-state index contributed by atoms with van der Waals surface area (Å²) in [6, 6.07) is 0. The van der Waals surface area contributed by atoms with Crippen molar-refractivity contribution >= 4 is 5.84 Å². The maximum Gasteiger partial charge on any atom is 0.143 e. The third-order valence-corrected chi connectivity index (χ3v) is 3.88. The van der Waals surface area contributed by atoms with Crippen molar-refractivity contribution in [1.82, 2.24) is 5.32 Å². The zero-order chi connectivity index (χ0) is 10.9. The van der Waals surface area contributed by atoms with E-state index in [9.17, 15) is 0 Å².